The summed E-state index contributed by atoms with van der Waals surface area (Å²) < 4.78 is 51.9. The van der Waals surface area contributed by atoms with Crippen molar-refractivity contribution < 1.29 is 27.4 Å². The molecule has 8 heteroatoms. The minimum Gasteiger partial charge on any atom is -0.392 e. The third-order valence-corrected chi connectivity index (χ3v) is 2.81. The molecule has 0 atom stereocenters. The van der Waals surface area contributed by atoms with Crippen LogP contribution in [0.25, 0.3) is 0 Å². The molecule has 0 aliphatic carbocycles. The van der Waals surface area contributed by atoms with Crippen LogP contribution in [-0.2, 0) is 13.3 Å². The predicted molar refractivity (Wildman–Crippen MR) is 54.4 cm³/mol. The zero-order valence-corrected chi connectivity index (χ0v) is 9.84. The molecule has 0 unspecified atom stereocenters. The molecule has 0 bridgehead atoms. The van der Waals surface area contributed by atoms with E-state index in [0.29, 0.717) is 0 Å². The molecule has 3 nitrogen and oxygen atoms in total. The summed E-state index contributed by atoms with van der Waals surface area (Å²) in [5.74, 6) is -0.710. The van der Waals surface area contributed by atoms with E-state index in [9.17, 15) is 17.6 Å². The summed E-state index contributed by atoms with van der Waals surface area (Å²) in [6.45, 7) is -1.49. The molecule has 90 valence electrons. The molecule has 0 aliphatic rings. The van der Waals surface area contributed by atoms with E-state index in [-0.39, 0.29) is 14.7 Å². The number of aromatic nitrogens is 1. The molecule has 1 N–H and O–H groups in total. The SMILES string of the molecule is OCc1cnc(OC(F)(F)F)c(I)c1CF. The molecular formula is C8H6F4INO2. The molecule has 0 aromatic carbocycles. The maximum Gasteiger partial charge on any atom is 0.574 e. The van der Waals surface area contributed by atoms with Crippen molar-refractivity contribution in [2.24, 2.45) is 0 Å². The highest BCUT2D eigenvalue weighted by atomic mass is 127. The van der Waals surface area contributed by atoms with Crippen LogP contribution < -0.4 is 4.74 Å². The van der Waals surface area contributed by atoms with E-state index in [4.69, 9.17) is 5.11 Å². The van der Waals surface area contributed by atoms with Gasteiger partial charge < -0.3 is 9.84 Å². The van der Waals surface area contributed by atoms with Gasteiger partial charge in [0.2, 0.25) is 5.88 Å². The number of aliphatic hydroxyl groups is 1. The molecular weight excluding hydrogens is 345 g/mol. The van der Waals surface area contributed by atoms with E-state index < -0.39 is 25.5 Å². The van der Waals surface area contributed by atoms with Crippen molar-refractivity contribution >= 4 is 22.6 Å². The zero-order chi connectivity index (χ0) is 12.3. The van der Waals surface area contributed by atoms with Crippen LogP contribution in [0.1, 0.15) is 11.1 Å². The van der Waals surface area contributed by atoms with Crippen molar-refractivity contribution in [1.29, 1.82) is 0 Å². The van der Waals surface area contributed by atoms with Gasteiger partial charge in [0.05, 0.1) is 10.2 Å². The Morgan fingerprint density at radius 3 is 2.50 bits per heavy atom. The summed E-state index contributed by atoms with van der Waals surface area (Å²) in [6.07, 6.45) is -3.92. The van der Waals surface area contributed by atoms with E-state index >= 15 is 0 Å². The largest absolute Gasteiger partial charge is 0.574 e. The molecule has 1 rings (SSSR count). The number of ether oxygens (including phenoxy) is 1. The van der Waals surface area contributed by atoms with Gasteiger partial charge in [0.1, 0.15) is 6.67 Å². The Bertz CT molecular complexity index is 383. The minimum absolute atomic E-state index is 0.0441. The summed E-state index contributed by atoms with van der Waals surface area (Å²) in [7, 11) is 0. The molecule has 0 spiro atoms. The van der Waals surface area contributed by atoms with Gasteiger partial charge in [-0.25, -0.2) is 9.37 Å². The van der Waals surface area contributed by atoms with Crippen LogP contribution in [0.15, 0.2) is 6.20 Å². The minimum atomic E-state index is -4.87. The highest BCUT2D eigenvalue weighted by Gasteiger charge is 2.33. The number of alkyl halides is 4. The third kappa shape index (κ3) is 3.17. The van der Waals surface area contributed by atoms with E-state index in [1.54, 1.807) is 0 Å². The first kappa shape index (κ1) is 13.4. The van der Waals surface area contributed by atoms with Gasteiger partial charge in [-0.15, -0.1) is 13.2 Å². The summed E-state index contributed by atoms with van der Waals surface area (Å²) in [5, 5.41) is 8.82. The Hall–Kier alpha value is -0.640. The molecule has 0 fully saturated rings. The first-order valence-corrected chi connectivity index (χ1v) is 5.05. The highest BCUT2D eigenvalue weighted by molar-refractivity contribution is 14.1. The van der Waals surface area contributed by atoms with Gasteiger partial charge in [-0.05, 0) is 22.6 Å². The number of halogens is 5. The quantitative estimate of drug-likeness (QED) is 0.673. The first-order chi connectivity index (χ1) is 7.39. The number of hydrogen-bond acceptors (Lipinski definition) is 3. The second-order valence-corrected chi connectivity index (χ2v) is 3.80. The van der Waals surface area contributed by atoms with Crippen LogP contribution in [0.5, 0.6) is 5.88 Å². The molecule has 1 heterocycles. The maximum atomic E-state index is 12.6. The summed E-state index contributed by atoms with van der Waals surface area (Å²) >= 11 is 1.49. The smallest absolute Gasteiger partial charge is 0.392 e. The Kier molecular flexibility index (Phi) is 4.30. The lowest BCUT2D eigenvalue weighted by Gasteiger charge is -2.12. The van der Waals surface area contributed by atoms with Crippen molar-refractivity contribution in [2.45, 2.75) is 19.6 Å². The lowest BCUT2D eigenvalue weighted by atomic mass is 10.1. The Labute approximate surface area is 102 Å². The van der Waals surface area contributed by atoms with E-state index in [2.05, 4.69) is 9.72 Å². The van der Waals surface area contributed by atoms with Crippen LogP contribution in [0.4, 0.5) is 17.6 Å². The van der Waals surface area contributed by atoms with Gasteiger partial charge in [-0.3, -0.25) is 0 Å². The second kappa shape index (κ2) is 5.13. The number of nitrogens with zero attached hydrogens (tertiary/aromatic N) is 1. The van der Waals surface area contributed by atoms with Gasteiger partial charge in [-0.2, -0.15) is 0 Å². The predicted octanol–water partition coefficient (Wildman–Crippen LogP) is 2.55. The Morgan fingerprint density at radius 1 is 1.44 bits per heavy atom. The Balaban J connectivity index is 3.14. The standard InChI is InChI=1S/C8H6F4INO2/c9-1-5-4(3-15)2-14-7(6(5)13)16-8(10,11)12/h2,15H,1,3H2. The summed E-state index contributed by atoms with van der Waals surface area (Å²) in [6, 6.07) is 0. The monoisotopic (exact) mass is 351 g/mol. The van der Waals surface area contributed by atoms with Crippen LogP contribution in [0, 0.1) is 3.57 Å². The van der Waals surface area contributed by atoms with Gasteiger partial charge in [0.15, 0.2) is 0 Å². The number of pyridine rings is 1. The van der Waals surface area contributed by atoms with Crippen LogP contribution in [0.2, 0.25) is 0 Å². The third-order valence-electron chi connectivity index (χ3n) is 1.69. The van der Waals surface area contributed by atoms with Crippen LogP contribution in [-0.4, -0.2) is 16.5 Å². The average Bonchev–Trinajstić information content (AvgIpc) is 2.19. The van der Waals surface area contributed by atoms with Crippen molar-refractivity contribution in [2.75, 3.05) is 0 Å². The lowest BCUT2D eigenvalue weighted by Crippen LogP contribution is -2.19. The van der Waals surface area contributed by atoms with E-state index in [0.717, 1.165) is 6.20 Å². The zero-order valence-electron chi connectivity index (χ0n) is 7.68. The van der Waals surface area contributed by atoms with Gasteiger partial charge in [-0.1, -0.05) is 0 Å². The van der Waals surface area contributed by atoms with Gasteiger partial charge in [0.25, 0.3) is 0 Å². The van der Waals surface area contributed by atoms with E-state index in [1.807, 2.05) is 0 Å². The van der Waals surface area contributed by atoms with Crippen molar-refractivity contribution in [3.63, 3.8) is 0 Å². The molecule has 0 aliphatic heterocycles. The van der Waals surface area contributed by atoms with Crippen molar-refractivity contribution in [3.8, 4) is 5.88 Å². The summed E-state index contributed by atoms with van der Waals surface area (Å²) in [4.78, 5) is 3.37. The fourth-order valence-electron chi connectivity index (χ4n) is 1.00. The number of hydrogen-bond donors (Lipinski definition) is 1. The van der Waals surface area contributed by atoms with Crippen LogP contribution >= 0.6 is 22.6 Å². The fraction of sp³-hybridized carbons (Fsp3) is 0.375. The fourth-order valence-corrected chi connectivity index (χ4v) is 1.74. The normalized spacial score (nSPS) is 11.6. The molecule has 0 amide bonds. The lowest BCUT2D eigenvalue weighted by molar-refractivity contribution is -0.276. The number of aliphatic hydroxyl groups excluding tert-OH is 1. The average molecular weight is 351 g/mol. The molecule has 1 aromatic rings. The van der Waals surface area contributed by atoms with Gasteiger partial charge >= 0.3 is 6.36 Å². The molecule has 0 saturated heterocycles. The van der Waals surface area contributed by atoms with E-state index in [1.165, 1.54) is 22.6 Å². The molecule has 0 radical (unpaired) electrons. The molecule has 16 heavy (non-hydrogen) atoms. The first-order valence-electron chi connectivity index (χ1n) is 3.98. The Morgan fingerprint density at radius 2 is 2.06 bits per heavy atom. The molecule has 1 aromatic heterocycles. The van der Waals surface area contributed by atoms with Crippen molar-refractivity contribution in [1.82, 2.24) is 4.98 Å². The summed E-state index contributed by atoms with van der Waals surface area (Å²) in [5.41, 5.74) is 0.0961. The maximum absolute atomic E-state index is 12.6. The van der Waals surface area contributed by atoms with Gasteiger partial charge in [0, 0.05) is 17.3 Å². The number of rotatable bonds is 3. The molecule has 0 saturated carbocycles. The topological polar surface area (TPSA) is 42.4 Å². The van der Waals surface area contributed by atoms with Crippen molar-refractivity contribution in [3.05, 3.63) is 20.9 Å². The van der Waals surface area contributed by atoms with Crippen LogP contribution in [0.3, 0.4) is 0 Å². The second-order valence-electron chi connectivity index (χ2n) is 2.72. The highest BCUT2D eigenvalue weighted by Crippen LogP contribution is 2.29.